The summed E-state index contributed by atoms with van der Waals surface area (Å²) in [5.41, 5.74) is -0.513. The lowest BCUT2D eigenvalue weighted by molar-refractivity contribution is -0.155. The molecule has 0 bridgehead atoms. The van der Waals surface area contributed by atoms with Crippen LogP contribution < -0.4 is 5.32 Å². The molecule has 0 spiro atoms. The van der Waals surface area contributed by atoms with Crippen molar-refractivity contribution in [2.75, 3.05) is 13.7 Å². The second-order valence-corrected chi connectivity index (χ2v) is 10.0. The molecule has 29 heavy (non-hydrogen) atoms. The van der Waals surface area contributed by atoms with E-state index in [9.17, 15) is 9.59 Å². The number of carbonyl (C=O) groups is 2. The average molecular weight is 434 g/mol. The number of amides is 1. The number of hydrogen-bond donors (Lipinski definition) is 1. The zero-order valence-electron chi connectivity index (χ0n) is 17.4. The normalized spacial score (nSPS) is 17.3. The van der Waals surface area contributed by atoms with Crippen molar-refractivity contribution in [2.24, 2.45) is 10.5 Å². The van der Waals surface area contributed by atoms with Crippen LogP contribution in [0, 0.1) is 5.41 Å². The Morgan fingerprint density at radius 2 is 1.90 bits per heavy atom. The van der Waals surface area contributed by atoms with Gasteiger partial charge >= 0.3 is 5.97 Å². The first-order chi connectivity index (χ1) is 13.7. The molecule has 1 aliphatic rings. The van der Waals surface area contributed by atoms with Crippen molar-refractivity contribution in [2.45, 2.75) is 45.7 Å². The summed E-state index contributed by atoms with van der Waals surface area (Å²) in [4.78, 5) is 27.5. The molecule has 1 unspecified atom stereocenters. The fourth-order valence-corrected chi connectivity index (χ4v) is 4.68. The van der Waals surface area contributed by atoms with E-state index in [0.717, 1.165) is 15.5 Å². The van der Waals surface area contributed by atoms with Gasteiger partial charge in [-0.15, -0.1) is 22.7 Å². The summed E-state index contributed by atoms with van der Waals surface area (Å²) < 4.78 is 4.94. The van der Waals surface area contributed by atoms with Gasteiger partial charge in [-0.25, -0.2) is 5.01 Å². The molecule has 1 N–H and O–H groups in total. The Labute approximate surface area is 179 Å². The highest BCUT2D eigenvalue weighted by molar-refractivity contribution is 7.12. The molecule has 0 fully saturated rings. The minimum atomic E-state index is -0.800. The summed E-state index contributed by atoms with van der Waals surface area (Å²) in [6.07, 6.45) is 0.698. The number of rotatable bonds is 7. The molecule has 2 aromatic heterocycles. The van der Waals surface area contributed by atoms with Crippen LogP contribution in [-0.2, 0) is 14.3 Å². The summed E-state index contributed by atoms with van der Waals surface area (Å²) in [7, 11) is 1.38. The van der Waals surface area contributed by atoms with Gasteiger partial charge in [0.25, 0.3) is 5.91 Å². The van der Waals surface area contributed by atoms with Crippen LogP contribution in [-0.4, -0.2) is 41.8 Å². The van der Waals surface area contributed by atoms with Crippen molar-refractivity contribution in [1.82, 2.24) is 10.3 Å². The maximum atomic E-state index is 13.1. The maximum absolute atomic E-state index is 13.1. The summed E-state index contributed by atoms with van der Waals surface area (Å²) in [5.74, 6) is -0.443. The Kier molecular flexibility index (Phi) is 6.26. The Hall–Kier alpha value is -2.03. The van der Waals surface area contributed by atoms with E-state index in [4.69, 9.17) is 4.74 Å². The number of carbonyl (C=O) groups excluding carboxylic acids is 2. The first kappa shape index (κ1) is 21.7. The van der Waals surface area contributed by atoms with Gasteiger partial charge in [-0.3, -0.25) is 9.59 Å². The number of hydrazone groups is 1. The van der Waals surface area contributed by atoms with E-state index in [1.165, 1.54) is 7.11 Å². The quantitative estimate of drug-likeness (QED) is 0.669. The van der Waals surface area contributed by atoms with E-state index in [1.54, 1.807) is 27.7 Å². The molecule has 2 aromatic rings. The van der Waals surface area contributed by atoms with Crippen LogP contribution in [0.4, 0.5) is 0 Å². The fraction of sp³-hybridized carbons (Fsp3) is 0.476. The smallest absolute Gasteiger partial charge is 0.313 e. The molecule has 0 aromatic carbocycles. The van der Waals surface area contributed by atoms with E-state index in [1.807, 2.05) is 62.7 Å². The molecule has 0 saturated carbocycles. The highest BCUT2D eigenvalue weighted by Gasteiger charge is 2.44. The lowest BCUT2D eigenvalue weighted by atomic mass is 9.74. The van der Waals surface area contributed by atoms with Crippen molar-refractivity contribution in [1.29, 1.82) is 0 Å². The summed E-state index contributed by atoms with van der Waals surface area (Å²) in [6.45, 7) is 7.51. The molecule has 1 atom stereocenters. The second-order valence-electron chi connectivity index (χ2n) is 8.09. The van der Waals surface area contributed by atoms with Crippen molar-refractivity contribution < 1.29 is 14.3 Å². The van der Waals surface area contributed by atoms with Gasteiger partial charge in [0.05, 0.1) is 35.7 Å². The van der Waals surface area contributed by atoms with Crippen LogP contribution in [0.15, 0.2) is 40.1 Å². The molecule has 1 amide bonds. The number of nitrogens with zero attached hydrogens (tertiary/aromatic N) is 2. The Morgan fingerprint density at radius 1 is 1.21 bits per heavy atom. The molecule has 3 rings (SSSR count). The van der Waals surface area contributed by atoms with Crippen LogP contribution >= 0.6 is 22.7 Å². The Bertz CT molecular complexity index is 886. The maximum Gasteiger partial charge on any atom is 0.313 e. The van der Waals surface area contributed by atoms with Crippen LogP contribution in [0.3, 0.4) is 0 Å². The first-order valence-electron chi connectivity index (χ1n) is 9.47. The van der Waals surface area contributed by atoms with E-state index in [0.29, 0.717) is 6.42 Å². The van der Waals surface area contributed by atoms with Crippen molar-refractivity contribution in [3.8, 4) is 0 Å². The number of nitrogens with one attached hydrogen (secondary N) is 1. The second kappa shape index (κ2) is 8.38. The number of methoxy groups -OCH3 is 1. The SMILES string of the molecule is COC(=O)C(C)(C)C(C)(C)NCC(=O)N1N=C(c2cccs2)CC1c1cccs1. The predicted octanol–water partition coefficient (Wildman–Crippen LogP) is 4.05. The highest BCUT2D eigenvalue weighted by atomic mass is 32.1. The summed E-state index contributed by atoms with van der Waals surface area (Å²) in [5, 5.41) is 13.5. The Morgan fingerprint density at radius 3 is 2.48 bits per heavy atom. The van der Waals surface area contributed by atoms with Gasteiger partial charge < -0.3 is 10.1 Å². The van der Waals surface area contributed by atoms with Gasteiger partial charge in [-0.05, 0) is 50.6 Å². The van der Waals surface area contributed by atoms with Crippen LogP contribution in [0.25, 0.3) is 0 Å². The van der Waals surface area contributed by atoms with Crippen LogP contribution in [0.5, 0.6) is 0 Å². The molecule has 0 radical (unpaired) electrons. The van der Waals surface area contributed by atoms with E-state index < -0.39 is 11.0 Å². The molecule has 1 aliphatic heterocycles. The third-order valence-corrected chi connectivity index (χ3v) is 7.68. The molecular weight excluding hydrogens is 406 g/mol. The highest BCUT2D eigenvalue weighted by Crippen LogP contribution is 2.36. The van der Waals surface area contributed by atoms with Gasteiger partial charge in [-0.1, -0.05) is 12.1 Å². The zero-order valence-corrected chi connectivity index (χ0v) is 19.0. The lowest BCUT2D eigenvalue weighted by Gasteiger charge is -2.40. The molecule has 6 nitrogen and oxygen atoms in total. The van der Waals surface area contributed by atoms with E-state index >= 15 is 0 Å². The summed E-state index contributed by atoms with van der Waals surface area (Å²) in [6, 6.07) is 7.96. The third-order valence-electron chi connectivity index (χ3n) is 5.78. The third kappa shape index (κ3) is 4.29. The van der Waals surface area contributed by atoms with Crippen molar-refractivity contribution in [3.05, 3.63) is 44.8 Å². The standard InChI is InChI=1S/C21H27N3O3S2/c1-20(2,19(26)27-5)21(3,4)22-13-18(25)24-15(17-9-7-11-29-17)12-14(23-24)16-8-6-10-28-16/h6-11,15,22H,12-13H2,1-5H3. The molecule has 0 saturated heterocycles. The monoisotopic (exact) mass is 433 g/mol. The molecule has 8 heteroatoms. The zero-order chi connectivity index (χ0) is 21.2. The molecular formula is C21H27N3O3S2. The number of ether oxygens (including phenoxy) is 1. The lowest BCUT2D eigenvalue weighted by Crippen LogP contribution is -2.57. The van der Waals surface area contributed by atoms with Crippen molar-refractivity contribution in [3.63, 3.8) is 0 Å². The predicted molar refractivity (Wildman–Crippen MR) is 117 cm³/mol. The van der Waals surface area contributed by atoms with Gasteiger partial charge in [0.15, 0.2) is 0 Å². The molecule has 3 heterocycles. The van der Waals surface area contributed by atoms with Gasteiger partial charge in [0, 0.05) is 16.8 Å². The van der Waals surface area contributed by atoms with E-state index in [-0.39, 0.29) is 24.5 Å². The summed E-state index contributed by atoms with van der Waals surface area (Å²) >= 11 is 3.26. The fourth-order valence-electron chi connectivity index (χ4n) is 3.14. The minimum Gasteiger partial charge on any atom is -0.469 e. The first-order valence-corrected chi connectivity index (χ1v) is 11.2. The average Bonchev–Trinajstić information content (AvgIpc) is 3.44. The number of hydrogen-bond acceptors (Lipinski definition) is 7. The van der Waals surface area contributed by atoms with Gasteiger partial charge in [0.2, 0.25) is 0 Å². The largest absolute Gasteiger partial charge is 0.469 e. The Balaban J connectivity index is 1.77. The van der Waals surface area contributed by atoms with E-state index in [2.05, 4.69) is 10.4 Å². The van der Waals surface area contributed by atoms with Crippen LogP contribution in [0.1, 0.15) is 49.9 Å². The molecule has 156 valence electrons. The number of esters is 1. The topological polar surface area (TPSA) is 71.0 Å². The van der Waals surface area contributed by atoms with Gasteiger partial charge in [-0.2, -0.15) is 5.10 Å². The molecule has 0 aliphatic carbocycles. The van der Waals surface area contributed by atoms with Crippen molar-refractivity contribution >= 4 is 40.3 Å². The minimum absolute atomic E-state index is 0.0799. The number of thiophene rings is 2. The van der Waals surface area contributed by atoms with Crippen LogP contribution in [0.2, 0.25) is 0 Å². The van der Waals surface area contributed by atoms with Gasteiger partial charge in [0.1, 0.15) is 0 Å².